The van der Waals surface area contributed by atoms with Gasteiger partial charge in [0.1, 0.15) is 12.4 Å². The zero-order chi connectivity index (χ0) is 20.0. The van der Waals surface area contributed by atoms with Gasteiger partial charge in [-0.1, -0.05) is 24.3 Å². The van der Waals surface area contributed by atoms with Crippen LogP contribution in [0.3, 0.4) is 0 Å². The molecule has 1 saturated heterocycles. The number of hydrogen-bond acceptors (Lipinski definition) is 5. The van der Waals surface area contributed by atoms with Crippen LogP contribution in [0.25, 0.3) is 0 Å². The monoisotopic (exact) mass is 403 g/mol. The minimum absolute atomic E-state index is 0.0858. The third-order valence-corrected chi connectivity index (χ3v) is 5.10. The molecule has 1 N–H and O–H groups in total. The Morgan fingerprint density at radius 1 is 1.04 bits per heavy atom. The summed E-state index contributed by atoms with van der Waals surface area (Å²) in [5.41, 5.74) is 0.875. The molecule has 2 aromatic rings. The van der Waals surface area contributed by atoms with Gasteiger partial charge in [-0.25, -0.2) is 8.42 Å². The highest BCUT2D eigenvalue weighted by Crippen LogP contribution is 2.15. The molecule has 1 fully saturated rings. The molecule has 1 aliphatic rings. The van der Waals surface area contributed by atoms with Crippen LogP contribution in [0.2, 0.25) is 0 Å². The summed E-state index contributed by atoms with van der Waals surface area (Å²) in [7, 11) is -3.37. The van der Waals surface area contributed by atoms with E-state index >= 15 is 0 Å². The number of ether oxygens (including phenoxy) is 1. The third-order valence-electron chi connectivity index (χ3n) is 4.49. The van der Waals surface area contributed by atoms with Crippen molar-refractivity contribution in [1.29, 1.82) is 0 Å². The number of nitrogens with one attached hydrogen (secondary N) is 1. The van der Waals surface area contributed by atoms with Crippen molar-refractivity contribution in [1.82, 2.24) is 9.80 Å². The van der Waals surface area contributed by atoms with Gasteiger partial charge in [-0.3, -0.25) is 14.4 Å². The summed E-state index contributed by atoms with van der Waals surface area (Å²) in [6, 6.07) is 16.3. The van der Waals surface area contributed by atoms with Crippen LogP contribution in [-0.4, -0.2) is 69.7 Å². The lowest BCUT2D eigenvalue weighted by atomic mass is 10.1. The molecule has 7 nitrogen and oxygen atoms in total. The highest BCUT2D eigenvalue weighted by molar-refractivity contribution is 7.92. The lowest BCUT2D eigenvalue weighted by molar-refractivity contribution is 0.0620. The third kappa shape index (κ3) is 5.97. The van der Waals surface area contributed by atoms with Gasteiger partial charge in [-0.05, 0) is 30.3 Å². The topological polar surface area (TPSA) is 79.0 Å². The fourth-order valence-corrected chi connectivity index (χ4v) is 3.65. The van der Waals surface area contributed by atoms with Crippen LogP contribution in [0.4, 0.5) is 5.69 Å². The first-order valence-corrected chi connectivity index (χ1v) is 11.1. The first-order chi connectivity index (χ1) is 13.4. The molecular formula is C20H25N3O4S. The maximum atomic E-state index is 12.7. The lowest BCUT2D eigenvalue weighted by Gasteiger charge is -2.34. The molecule has 0 unspecified atom stereocenters. The van der Waals surface area contributed by atoms with Crippen molar-refractivity contribution >= 4 is 21.6 Å². The summed E-state index contributed by atoms with van der Waals surface area (Å²) in [6.07, 6.45) is 1.09. The molecule has 0 aromatic heterocycles. The molecule has 0 atom stereocenters. The lowest BCUT2D eigenvalue weighted by Crippen LogP contribution is -2.49. The van der Waals surface area contributed by atoms with Crippen molar-refractivity contribution in [2.75, 3.05) is 50.3 Å². The average Bonchev–Trinajstić information content (AvgIpc) is 2.68. The molecule has 0 aliphatic carbocycles. The number of piperazine rings is 1. The minimum atomic E-state index is -3.37. The predicted octanol–water partition coefficient (Wildman–Crippen LogP) is 1.89. The van der Waals surface area contributed by atoms with Crippen molar-refractivity contribution < 1.29 is 17.9 Å². The van der Waals surface area contributed by atoms with Crippen LogP contribution in [0.15, 0.2) is 54.6 Å². The van der Waals surface area contributed by atoms with E-state index in [1.807, 2.05) is 30.3 Å². The molecule has 0 spiro atoms. The molecule has 1 heterocycles. The fourth-order valence-electron chi connectivity index (χ4n) is 3.10. The van der Waals surface area contributed by atoms with Crippen LogP contribution in [0.5, 0.6) is 5.75 Å². The highest BCUT2D eigenvalue weighted by atomic mass is 32.2. The molecule has 150 valence electrons. The molecule has 0 saturated carbocycles. The molecule has 3 rings (SSSR count). The molecule has 8 heteroatoms. The second-order valence-electron chi connectivity index (χ2n) is 6.75. The Balaban J connectivity index is 1.48. The van der Waals surface area contributed by atoms with E-state index in [1.165, 1.54) is 0 Å². The van der Waals surface area contributed by atoms with Crippen LogP contribution in [0.1, 0.15) is 10.4 Å². The van der Waals surface area contributed by atoms with Gasteiger partial charge in [0.05, 0.1) is 6.26 Å². The van der Waals surface area contributed by atoms with Gasteiger partial charge in [0.2, 0.25) is 10.0 Å². The molecule has 2 aromatic carbocycles. The summed E-state index contributed by atoms with van der Waals surface area (Å²) in [4.78, 5) is 16.8. The predicted molar refractivity (Wildman–Crippen MR) is 109 cm³/mol. The SMILES string of the molecule is CS(=O)(=O)Nc1cccc(C(=O)N2CCN(CCOc3ccccc3)CC2)c1. The number of carbonyl (C=O) groups excluding carboxylic acids is 1. The Morgan fingerprint density at radius 3 is 2.43 bits per heavy atom. The number of rotatable bonds is 7. The van der Waals surface area contributed by atoms with E-state index in [9.17, 15) is 13.2 Å². The molecule has 0 radical (unpaired) electrons. The highest BCUT2D eigenvalue weighted by Gasteiger charge is 2.22. The Hall–Kier alpha value is -2.58. The number of nitrogens with zero attached hydrogens (tertiary/aromatic N) is 2. The molecular weight excluding hydrogens is 378 g/mol. The Bertz CT molecular complexity index is 895. The van der Waals surface area contributed by atoms with E-state index in [0.717, 1.165) is 31.6 Å². The fraction of sp³-hybridized carbons (Fsp3) is 0.350. The molecule has 0 bridgehead atoms. The Kier molecular flexibility index (Phi) is 6.53. The van der Waals surface area contributed by atoms with Crippen molar-refractivity contribution in [3.63, 3.8) is 0 Å². The largest absolute Gasteiger partial charge is 0.492 e. The van der Waals surface area contributed by atoms with Crippen molar-refractivity contribution in [2.45, 2.75) is 0 Å². The van der Waals surface area contributed by atoms with Crippen molar-refractivity contribution in [2.24, 2.45) is 0 Å². The smallest absolute Gasteiger partial charge is 0.254 e. The second kappa shape index (κ2) is 9.07. The van der Waals surface area contributed by atoms with Gasteiger partial charge >= 0.3 is 0 Å². The summed E-state index contributed by atoms with van der Waals surface area (Å²) in [5, 5.41) is 0. The van der Waals surface area contributed by atoms with Gasteiger partial charge in [0, 0.05) is 44.0 Å². The van der Waals surface area contributed by atoms with Gasteiger partial charge < -0.3 is 9.64 Å². The summed E-state index contributed by atoms with van der Waals surface area (Å²) in [6.45, 7) is 4.25. The number of hydrogen-bond donors (Lipinski definition) is 1. The number of anilines is 1. The van der Waals surface area contributed by atoms with E-state index in [-0.39, 0.29) is 5.91 Å². The van der Waals surface area contributed by atoms with E-state index < -0.39 is 10.0 Å². The Morgan fingerprint density at radius 2 is 1.75 bits per heavy atom. The first-order valence-electron chi connectivity index (χ1n) is 9.18. The Labute approximate surface area is 166 Å². The van der Waals surface area contributed by atoms with E-state index in [4.69, 9.17) is 4.74 Å². The zero-order valence-electron chi connectivity index (χ0n) is 15.9. The van der Waals surface area contributed by atoms with E-state index in [0.29, 0.717) is 30.9 Å². The zero-order valence-corrected chi connectivity index (χ0v) is 16.7. The first kappa shape index (κ1) is 20.2. The van der Waals surface area contributed by atoms with Crippen LogP contribution >= 0.6 is 0 Å². The standard InChI is InChI=1S/C20H25N3O4S/c1-28(25,26)21-18-7-5-6-17(16-18)20(24)23-12-10-22(11-13-23)14-15-27-19-8-3-2-4-9-19/h2-9,16,21H,10-15H2,1H3. The average molecular weight is 404 g/mol. The van der Waals surface area contributed by atoms with Crippen LogP contribution in [0, 0.1) is 0 Å². The quantitative estimate of drug-likeness (QED) is 0.764. The minimum Gasteiger partial charge on any atom is -0.492 e. The molecule has 1 aliphatic heterocycles. The van der Waals surface area contributed by atoms with Gasteiger partial charge in [-0.15, -0.1) is 0 Å². The maximum Gasteiger partial charge on any atom is 0.254 e. The second-order valence-corrected chi connectivity index (χ2v) is 8.50. The van der Waals surface area contributed by atoms with Crippen LogP contribution in [-0.2, 0) is 10.0 Å². The van der Waals surface area contributed by atoms with Crippen molar-refractivity contribution in [3.05, 3.63) is 60.2 Å². The number of para-hydroxylation sites is 1. The summed E-state index contributed by atoms with van der Waals surface area (Å²) in [5.74, 6) is 0.774. The van der Waals surface area contributed by atoms with E-state index in [1.54, 1.807) is 29.2 Å². The van der Waals surface area contributed by atoms with E-state index in [2.05, 4.69) is 9.62 Å². The number of carbonyl (C=O) groups is 1. The van der Waals surface area contributed by atoms with Gasteiger partial charge in [0.15, 0.2) is 0 Å². The normalized spacial score (nSPS) is 15.2. The molecule has 28 heavy (non-hydrogen) atoms. The number of benzene rings is 2. The number of sulfonamides is 1. The maximum absolute atomic E-state index is 12.7. The molecule has 1 amide bonds. The summed E-state index contributed by atoms with van der Waals surface area (Å²) >= 11 is 0. The summed E-state index contributed by atoms with van der Waals surface area (Å²) < 4.78 is 30.9. The van der Waals surface area contributed by atoms with Gasteiger partial charge in [0.25, 0.3) is 5.91 Å². The van der Waals surface area contributed by atoms with Crippen LogP contribution < -0.4 is 9.46 Å². The van der Waals surface area contributed by atoms with Crippen molar-refractivity contribution in [3.8, 4) is 5.75 Å². The van der Waals surface area contributed by atoms with Gasteiger partial charge in [-0.2, -0.15) is 0 Å². The number of amides is 1.